The number of hydrogen-bond donors (Lipinski definition) is 1. The van der Waals surface area contributed by atoms with Gasteiger partial charge in [-0.1, -0.05) is 60.7 Å². The molecule has 0 fully saturated rings. The van der Waals surface area contributed by atoms with Gasteiger partial charge in [0.1, 0.15) is 0 Å². The molecule has 0 aromatic heterocycles. The molecule has 2 aromatic carbocycles. The zero-order chi connectivity index (χ0) is 13.9. The Morgan fingerprint density at radius 1 is 0.842 bits per heavy atom. The topological polar surface area (TPSA) is 37.3 Å². The fourth-order valence-electron chi connectivity index (χ4n) is 1.98. The fraction of sp³-hybridized carbons (Fsp3) is 0.125. The smallest absolute Gasteiger partial charge is 0.203 e. The Labute approximate surface area is 113 Å². The lowest BCUT2D eigenvalue weighted by molar-refractivity contribution is 0.436. The molecule has 0 amide bonds. The molecule has 0 aliphatic carbocycles. The minimum absolute atomic E-state index is 0.0232. The first-order valence-corrected chi connectivity index (χ1v) is 7.86. The van der Waals surface area contributed by atoms with Crippen LogP contribution in [-0.2, 0) is 4.57 Å². The second kappa shape index (κ2) is 5.46. The van der Waals surface area contributed by atoms with Crippen LogP contribution in [0.3, 0.4) is 0 Å². The van der Waals surface area contributed by atoms with Crippen molar-refractivity contribution >= 4 is 17.8 Å². The van der Waals surface area contributed by atoms with Crippen LogP contribution < -0.4 is 10.6 Å². The summed E-state index contributed by atoms with van der Waals surface area (Å²) in [6, 6.07) is 18.3. The summed E-state index contributed by atoms with van der Waals surface area (Å²) in [6.07, 6.45) is 0. The predicted molar refractivity (Wildman–Crippen MR) is 80.8 cm³/mol. The highest BCUT2D eigenvalue weighted by atomic mass is 31.2. The quantitative estimate of drug-likeness (QED) is 0.681. The standard InChI is InChI=1S/C16H17O2P/c1-13(2)16(17)19(18,14-9-5-3-6-10-14)15-11-7-4-8-12-15/h3-12,17H,1-2H3. The molecule has 3 heteroatoms. The maximum absolute atomic E-state index is 13.4. The Morgan fingerprint density at radius 3 is 1.53 bits per heavy atom. The summed E-state index contributed by atoms with van der Waals surface area (Å²) in [5, 5.41) is 11.7. The number of rotatable bonds is 3. The Morgan fingerprint density at radius 2 is 1.21 bits per heavy atom. The molecule has 19 heavy (non-hydrogen) atoms. The number of aliphatic hydroxyl groups excluding tert-OH is 1. The van der Waals surface area contributed by atoms with E-state index in [9.17, 15) is 9.67 Å². The Balaban J connectivity index is 2.73. The second-order valence-electron chi connectivity index (χ2n) is 4.60. The van der Waals surface area contributed by atoms with Crippen molar-refractivity contribution in [2.75, 3.05) is 0 Å². The maximum Gasteiger partial charge on any atom is 0.203 e. The molecule has 0 spiro atoms. The van der Waals surface area contributed by atoms with E-state index in [0.29, 0.717) is 16.2 Å². The van der Waals surface area contributed by atoms with Gasteiger partial charge in [0.15, 0.2) is 5.50 Å². The van der Waals surface area contributed by atoms with Crippen molar-refractivity contribution in [3.63, 3.8) is 0 Å². The van der Waals surface area contributed by atoms with Gasteiger partial charge in [-0.25, -0.2) is 0 Å². The Bertz CT molecular complexity index is 583. The van der Waals surface area contributed by atoms with Crippen LogP contribution in [0.5, 0.6) is 0 Å². The third kappa shape index (κ3) is 2.50. The number of benzene rings is 2. The van der Waals surface area contributed by atoms with Crippen LogP contribution in [0.1, 0.15) is 13.8 Å². The van der Waals surface area contributed by atoms with Gasteiger partial charge >= 0.3 is 0 Å². The SMILES string of the molecule is CC(C)=C(O)P(=O)(c1ccccc1)c1ccccc1. The highest BCUT2D eigenvalue weighted by Gasteiger charge is 2.32. The van der Waals surface area contributed by atoms with E-state index in [4.69, 9.17) is 0 Å². The molecule has 0 atom stereocenters. The van der Waals surface area contributed by atoms with Gasteiger partial charge < -0.3 is 9.67 Å². The summed E-state index contributed by atoms with van der Waals surface area (Å²) in [7, 11) is -3.14. The lowest BCUT2D eigenvalue weighted by Gasteiger charge is -2.19. The molecule has 1 N–H and O–H groups in total. The number of hydrogen-bond acceptors (Lipinski definition) is 2. The molecule has 0 saturated carbocycles. The molecule has 0 unspecified atom stereocenters. The molecular weight excluding hydrogens is 255 g/mol. The molecule has 0 radical (unpaired) electrons. The molecular formula is C16H17O2P. The molecule has 2 rings (SSSR count). The monoisotopic (exact) mass is 272 g/mol. The van der Waals surface area contributed by atoms with E-state index in [2.05, 4.69) is 0 Å². The molecule has 0 heterocycles. The van der Waals surface area contributed by atoms with E-state index in [1.807, 2.05) is 36.4 Å². The Hall–Kier alpha value is -1.79. The third-order valence-corrected chi connectivity index (χ3v) is 6.08. The van der Waals surface area contributed by atoms with Crippen molar-refractivity contribution in [1.82, 2.24) is 0 Å². The van der Waals surface area contributed by atoms with Gasteiger partial charge in [0.2, 0.25) is 7.14 Å². The zero-order valence-corrected chi connectivity index (χ0v) is 12.0. The van der Waals surface area contributed by atoms with Gasteiger partial charge in [-0.15, -0.1) is 0 Å². The summed E-state index contributed by atoms with van der Waals surface area (Å²) >= 11 is 0. The minimum atomic E-state index is -3.14. The molecule has 98 valence electrons. The Kier molecular flexibility index (Phi) is 3.92. The van der Waals surface area contributed by atoms with E-state index >= 15 is 0 Å². The number of aliphatic hydroxyl groups is 1. The van der Waals surface area contributed by atoms with Gasteiger partial charge in [-0.3, -0.25) is 0 Å². The third-order valence-electron chi connectivity index (χ3n) is 2.99. The van der Waals surface area contributed by atoms with Gasteiger partial charge in [0.05, 0.1) is 0 Å². The molecule has 0 aliphatic rings. The molecule has 0 bridgehead atoms. The van der Waals surface area contributed by atoms with E-state index < -0.39 is 7.14 Å². The first-order valence-electron chi connectivity index (χ1n) is 6.15. The van der Waals surface area contributed by atoms with Gasteiger partial charge in [0.25, 0.3) is 0 Å². The van der Waals surface area contributed by atoms with Crippen LogP contribution in [0.2, 0.25) is 0 Å². The van der Waals surface area contributed by atoms with Gasteiger partial charge in [0, 0.05) is 10.6 Å². The average molecular weight is 272 g/mol. The van der Waals surface area contributed by atoms with Crippen LogP contribution in [0.4, 0.5) is 0 Å². The summed E-state index contributed by atoms with van der Waals surface area (Å²) in [6.45, 7) is 3.54. The predicted octanol–water partition coefficient (Wildman–Crippen LogP) is 3.81. The number of allylic oxidation sites excluding steroid dienone is 1. The van der Waals surface area contributed by atoms with Crippen molar-refractivity contribution in [1.29, 1.82) is 0 Å². The van der Waals surface area contributed by atoms with Crippen LogP contribution in [0, 0.1) is 0 Å². The first kappa shape index (κ1) is 13.6. The van der Waals surface area contributed by atoms with Crippen molar-refractivity contribution in [3.8, 4) is 0 Å². The zero-order valence-electron chi connectivity index (χ0n) is 11.1. The van der Waals surface area contributed by atoms with E-state index in [0.717, 1.165) is 0 Å². The molecule has 0 aliphatic heterocycles. The van der Waals surface area contributed by atoms with Gasteiger partial charge in [-0.05, 0) is 19.4 Å². The summed E-state index contributed by atoms with van der Waals surface area (Å²) in [5.41, 5.74) is 0.654. The lowest BCUT2D eigenvalue weighted by Crippen LogP contribution is -2.17. The highest BCUT2D eigenvalue weighted by Crippen LogP contribution is 2.51. The van der Waals surface area contributed by atoms with Crippen LogP contribution in [0.15, 0.2) is 71.7 Å². The van der Waals surface area contributed by atoms with Crippen molar-refractivity contribution < 1.29 is 9.67 Å². The average Bonchev–Trinajstić information content (AvgIpc) is 2.47. The summed E-state index contributed by atoms with van der Waals surface area (Å²) in [5.74, 6) is 0. The lowest BCUT2D eigenvalue weighted by atomic mass is 10.4. The first-order chi connectivity index (χ1) is 9.06. The van der Waals surface area contributed by atoms with Crippen molar-refractivity contribution in [3.05, 3.63) is 71.7 Å². The molecule has 2 nitrogen and oxygen atoms in total. The molecule has 0 saturated heterocycles. The van der Waals surface area contributed by atoms with Crippen LogP contribution in [-0.4, -0.2) is 5.11 Å². The van der Waals surface area contributed by atoms with E-state index in [-0.39, 0.29) is 5.50 Å². The van der Waals surface area contributed by atoms with Gasteiger partial charge in [-0.2, -0.15) is 0 Å². The van der Waals surface area contributed by atoms with Crippen LogP contribution >= 0.6 is 7.14 Å². The normalized spacial score (nSPS) is 11.1. The largest absolute Gasteiger partial charge is 0.504 e. The fourth-order valence-corrected chi connectivity index (χ4v) is 4.59. The van der Waals surface area contributed by atoms with E-state index in [1.54, 1.807) is 38.1 Å². The summed E-state index contributed by atoms with van der Waals surface area (Å²) < 4.78 is 13.4. The molecule has 2 aromatic rings. The second-order valence-corrected chi connectivity index (χ2v) is 7.28. The van der Waals surface area contributed by atoms with E-state index in [1.165, 1.54) is 0 Å². The van der Waals surface area contributed by atoms with Crippen molar-refractivity contribution in [2.45, 2.75) is 13.8 Å². The summed E-state index contributed by atoms with van der Waals surface area (Å²) in [4.78, 5) is 0. The minimum Gasteiger partial charge on any atom is -0.504 e. The van der Waals surface area contributed by atoms with Crippen molar-refractivity contribution in [2.24, 2.45) is 0 Å². The maximum atomic E-state index is 13.4. The van der Waals surface area contributed by atoms with Crippen LogP contribution in [0.25, 0.3) is 0 Å². The highest BCUT2D eigenvalue weighted by molar-refractivity contribution is 7.82.